The van der Waals surface area contributed by atoms with Crippen molar-refractivity contribution in [3.8, 4) is 0 Å². The third kappa shape index (κ3) is 3.59. The van der Waals surface area contributed by atoms with Crippen molar-refractivity contribution < 1.29 is 9.53 Å². The van der Waals surface area contributed by atoms with Crippen LogP contribution in [-0.2, 0) is 9.53 Å². The van der Waals surface area contributed by atoms with Gasteiger partial charge in [-0.05, 0) is 42.1 Å². The maximum Gasteiger partial charge on any atom is 0.338 e. The molecule has 0 amide bonds. The van der Waals surface area contributed by atoms with E-state index < -0.39 is 12.0 Å². The van der Waals surface area contributed by atoms with Gasteiger partial charge in [0.25, 0.3) is 5.56 Å². The summed E-state index contributed by atoms with van der Waals surface area (Å²) in [6.07, 6.45) is 1.74. The molecule has 0 spiro atoms. The van der Waals surface area contributed by atoms with Crippen molar-refractivity contribution in [2.75, 3.05) is 7.11 Å². The summed E-state index contributed by atoms with van der Waals surface area (Å²) in [6.45, 7) is 1.75. The van der Waals surface area contributed by atoms with Crippen molar-refractivity contribution in [3.05, 3.63) is 87.2 Å². The van der Waals surface area contributed by atoms with Crippen LogP contribution in [-0.4, -0.2) is 17.6 Å². The Morgan fingerprint density at radius 3 is 2.72 bits per heavy atom. The minimum atomic E-state index is -0.574. The van der Waals surface area contributed by atoms with E-state index in [0.29, 0.717) is 30.6 Å². The summed E-state index contributed by atoms with van der Waals surface area (Å²) >= 11 is 14.8. The number of nitrogens with zero attached hydrogens (tertiary/aromatic N) is 2. The van der Waals surface area contributed by atoms with Gasteiger partial charge in [-0.25, -0.2) is 9.79 Å². The standard InChI is InChI=1S/C20H14Cl2N2O3S2/c1-10-16(19(26)27-2)17(14-4-3-7-28-14)24-18(25)15(29-20(24)23-10)9-11-5-6-12(21)13(22)8-11/h3-9,17H,1-2H3/t17-/m1/s1. The second-order valence-corrected chi connectivity index (χ2v) is 9.07. The Bertz CT molecular complexity index is 1320. The minimum Gasteiger partial charge on any atom is -0.466 e. The van der Waals surface area contributed by atoms with E-state index in [-0.39, 0.29) is 5.56 Å². The molecule has 0 saturated heterocycles. The number of allylic oxidation sites excluding steroid dienone is 1. The molecule has 1 atom stereocenters. The Hall–Kier alpha value is -2.19. The molecule has 3 aromatic rings. The molecule has 1 aliphatic heterocycles. The summed E-state index contributed by atoms with van der Waals surface area (Å²) < 4.78 is 7.01. The number of fused-ring (bicyclic) bond motifs is 1. The highest BCUT2D eigenvalue weighted by atomic mass is 35.5. The quantitative estimate of drug-likeness (QED) is 0.554. The molecule has 0 aliphatic carbocycles. The number of methoxy groups -OCH3 is 1. The van der Waals surface area contributed by atoms with Crippen LogP contribution in [0.2, 0.25) is 10.0 Å². The van der Waals surface area contributed by atoms with E-state index >= 15 is 0 Å². The summed E-state index contributed by atoms with van der Waals surface area (Å²) in [5.74, 6) is -0.497. The molecule has 5 nitrogen and oxygen atoms in total. The number of hydrogen-bond acceptors (Lipinski definition) is 6. The fourth-order valence-electron chi connectivity index (χ4n) is 3.16. The minimum absolute atomic E-state index is 0.230. The van der Waals surface area contributed by atoms with Gasteiger partial charge in [-0.2, -0.15) is 0 Å². The number of carbonyl (C=O) groups excluding carboxylic acids is 1. The van der Waals surface area contributed by atoms with Crippen molar-refractivity contribution >= 4 is 57.9 Å². The van der Waals surface area contributed by atoms with Crippen LogP contribution in [0.5, 0.6) is 0 Å². The fraction of sp³-hybridized carbons (Fsp3) is 0.150. The highest BCUT2D eigenvalue weighted by molar-refractivity contribution is 7.10. The number of halogens is 2. The van der Waals surface area contributed by atoms with E-state index in [4.69, 9.17) is 27.9 Å². The zero-order valence-corrected chi connectivity index (χ0v) is 18.5. The molecule has 4 rings (SSSR count). The number of aromatic nitrogens is 1. The van der Waals surface area contributed by atoms with Crippen LogP contribution in [0.15, 0.2) is 56.8 Å². The van der Waals surface area contributed by atoms with Crippen molar-refractivity contribution in [3.63, 3.8) is 0 Å². The normalized spacial score (nSPS) is 16.6. The number of rotatable bonds is 3. The lowest BCUT2D eigenvalue weighted by molar-refractivity contribution is -0.136. The van der Waals surface area contributed by atoms with Crippen molar-refractivity contribution in [2.24, 2.45) is 4.99 Å². The topological polar surface area (TPSA) is 60.7 Å². The SMILES string of the molecule is COC(=O)C1=C(C)N=c2sc(=Cc3ccc(Cl)c(Cl)c3)c(=O)n2[C@@H]1c1cccs1. The van der Waals surface area contributed by atoms with Gasteiger partial charge < -0.3 is 4.74 Å². The van der Waals surface area contributed by atoms with Crippen molar-refractivity contribution in [2.45, 2.75) is 13.0 Å². The molecule has 0 bridgehead atoms. The molecule has 148 valence electrons. The van der Waals surface area contributed by atoms with E-state index in [2.05, 4.69) is 4.99 Å². The highest BCUT2D eigenvalue weighted by Crippen LogP contribution is 2.33. The van der Waals surface area contributed by atoms with E-state index in [1.807, 2.05) is 17.5 Å². The lowest BCUT2D eigenvalue weighted by Crippen LogP contribution is -2.39. The Kier molecular flexibility index (Phi) is 5.48. The van der Waals surface area contributed by atoms with Gasteiger partial charge in [-0.1, -0.05) is 46.7 Å². The summed E-state index contributed by atoms with van der Waals surface area (Å²) in [5.41, 5.74) is 1.43. The summed E-state index contributed by atoms with van der Waals surface area (Å²) in [5, 5.41) is 2.76. The first-order chi connectivity index (χ1) is 13.9. The highest BCUT2D eigenvalue weighted by Gasteiger charge is 2.33. The Morgan fingerprint density at radius 2 is 2.07 bits per heavy atom. The van der Waals surface area contributed by atoms with Crippen LogP contribution in [0.25, 0.3) is 6.08 Å². The molecule has 29 heavy (non-hydrogen) atoms. The molecule has 0 unspecified atom stereocenters. The zero-order chi connectivity index (χ0) is 20.7. The molecule has 9 heteroatoms. The number of benzene rings is 1. The number of esters is 1. The van der Waals surface area contributed by atoms with Gasteiger partial charge in [0.2, 0.25) is 0 Å². The van der Waals surface area contributed by atoms with E-state index in [1.165, 1.54) is 29.8 Å². The predicted molar refractivity (Wildman–Crippen MR) is 117 cm³/mol. The largest absolute Gasteiger partial charge is 0.466 e. The van der Waals surface area contributed by atoms with Gasteiger partial charge in [0.05, 0.1) is 33.0 Å². The van der Waals surface area contributed by atoms with E-state index in [1.54, 1.807) is 35.8 Å². The van der Waals surface area contributed by atoms with Crippen molar-refractivity contribution in [1.29, 1.82) is 0 Å². The first kappa shape index (κ1) is 20.1. The molecule has 0 radical (unpaired) electrons. The fourth-order valence-corrected chi connectivity index (χ4v) is 5.34. The first-order valence-electron chi connectivity index (χ1n) is 8.50. The molecule has 0 saturated carbocycles. The number of ether oxygens (including phenoxy) is 1. The number of thiophene rings is 1. The third-order valence-corrected chi connectivity index (χ3v) is 7.13. The van der Waals surface area contributed by atoms with Crippen molar-refractivity contribution in [1.82, 2.24) is 4.57 Å². The molecule has 1 aliphatic rings. The van der Waals surface area contributed by atoms with Crippen LogP contribution in [0, 0.1) is 0 Å². The van der Waals surface area contributed by atoms with Gasteiger partial charge in [0, 0.05) is 4.88 Å². The van der Waals surface area contributed by atoms with Crippen LogP contribution in [0.1, 0.15) is 23.4 Å². The lowest BCUT2D eigenvalue weighted by Gasteiger charge is -2.22. The predicted octanol–water partition coefficient (Wildman–Crippen LogP) is 3.78. The summed E-state index contributed by atoms with van der Waals surface area (Å²) in [7, 11) is 1.32. The monoisotopic (exact) mass is 464 g/mol. The van der Waals surface area contributed by atoms with E-state index in [0.717, 1.165) is 10.4 Å². The smallest absolute Gasteiger partial charge is 0.338 e. The molecule has 0 fully saturated rings. The lowest BCUT2D eigenvalue weighted by atomic mass is 10.0. The number of thiazole rings is 1. The van der Waals surface area contributed by atoms with Crippen LogP contribution >= 0.6 is 45.9 Å². The molecular formula is C20H14Cl2N2O3S2. The summed E-state index contributed by atoms with van der Waals surface area (Å²) in [6, 6.07) is 8.37. The van der Waals surface area contributed by atoms with Gasteiger partial charge in [-0.3, -0.25) is 9.36 Å². The third-order valence-electron chi connectivity index (χ3n) is 4.48. The maximum atomic E-state index is 13.3. The Morgan fingerprint density at radius 1 is 1.28 bits per heavy atom. The average molecular weight is 465 g/mol. The van der Waals surface area contributed by atoms with Gasteiger partial charge >= 0.3 is 5.97 Å². The molecule has 0 N–H and O–H groups in total. The summed E-state index contributed by atoms with van der Waals surface area (Å²) in [4.78, 5) is 31.7. The Balaban J connectivity index is 1.96. The number of hydrogen-bond donors (Lipinski definition) is 0. The van der Waals surface area contributed by atoms with Gasteiger partial charge in [0.1, 0.15) is 6.04 Å². The Labute approximate surface area is 183 Å². The van der Waals surface area contributed by atoms with E-state index in [9.17, 15) is 9.59 Å². The van der Waals surface area contributed by atoms with Crippen LogP contribution in [0.3, 0.4) is 0 Å². The first-order valence-corrected chi connectivity index (χ1v) is 10.9. The molecular weight excluding hydrogens is 451 g/mol. The second-order valence-electron chi connectivity index (χ2n) is 6.26. The van der Waals surface area contributed by atoms with Crippen LogP contribution in [0.4, 0.5) is 0 Å². The molecule has 3 heterocycles. The molecule has 2 aromatic heterocycles. The van der Waals surface area contributed by atoms with Gasteiger partial charge in [0.15, 0.2) is 4.80 Å². The zero-order valence-electron chi connectivity index (χ0n) is 15.3. The molecule has 1 aromatic carbocycles. The average Bonchev–Trinajstić information content (AvgIpc) is 3.32. The second kappa shape index (κ2) is 7.91. The van der Waals surface area contributed by atoms with Crippen LogP contribution < -0.4 is 14.9 Å². The number of carbonyl (C=O) groups is 1. The van der Waals surface area contributed by atoms with Gasteiger partial charge in [-0.15, -0.1) is 11.3 Å². The maximum absolute atomic E-state index is 13.3.